The van der Waals surface area contributed by atoms with E-state index in [0.29, 0.717) is 5.75 Å². The van der Waals surface area contributed by atoms with Crippen molar-refractivity contribution in [3.63, 3.8) is 0 Å². The Balaban J connectivity index is 2.63. The van der Waals surface area contributed by atoms with Crippen LogP contribution in [0.2, 0.25) is 0 Å². The monoisotopic (exact) mass is 293 g/mol. The third kappa shape index (κ3) is 5.10. The molecule has 0 aliphatic carbocycles. The van der Waals surface area contributed by atoms with Crippen molar-refractivity contribution >= 4 is 11.9 Å². The molecule has 0 bridgehead atoms. The van der Waals surface area contributed by atoms with Crippen LogP contribution in [-0.2, 0) is 9.59 Å². The van der Waals surface area contributed by atoms with E-state index in [0.717, 1.165) is 5.56 Å². The van der Waals surface area contributed by atoms with Crippen molar-refractivity contribution in [2.75, 3.05) is 6.61 Å². The van der Waals surface area contributed by atoms with Gasteiger partial charge >= 0.3 is 5.97 Å². The van der Waals surface area contributed by atoms with E-state index in [1.54, 1.807) is 19.9 Å². The van der Waals surface area contributed by atoms with E-state index in [1.807, 2.05) is 32.0 Å². The van der Waals surface area contributed by atoms with Crippen LogP contribution in [0.3, 0.4) is 0 Å². The molecule has 1 amide bonds. The number of benzene rings is 1. The molecule has 0 aliphatic rings. The summed E-state index contributed by atoms with van der Waals surface area (Å²) < 4.78 is 5.52. The van der Waals surface area contributed by atoms with Gasteiger partial charge < -0.3 is 15.2 Å². The van der Waals surface area contributed by atoms with Gasteiger partial charge in [0.2, 0.25) is 0 Å². The summed E-state index contributed by atoms with van der Waals surface area (Å²) in [7, 11) is 0. The molecule has 0 fully saturated rings. The third-order valence-corrected chi connectivity index (χ3v) is 3.15. The first kappa shape index (κ1) is 17.0. The van der Waals surface area contributed by atoms with Crippen LogP contribution in [0.5, 0.6) is 5.75 Å². The summed E-state index contributed by atoms with van der Waals surface area (Å²) in [6, 6.07) is 6.61. The van der Waals surface area contributed by atoms with Gasteiger partial charge in [-0.25, -0.2) is 4.79 Å². The zero-order valence-corrected chi connectivity index (χ0v) is 12.9. The van der Waals surface area contributed by atoms with E-state index >= 15 is 0 Å². The van der Waals surface area contributed by atoms with Crippen molar-refractivity contribution in [1.29, 1.82) is 0 Å². The van der Waals surface area contributed by atoms with Crippen LogP contribution in [0.15, 0.2) is 24.3 Å². The minimum absolute atomic E-state index is 0.186. The number of nitrogens with one attached hydrogen (secondary N) is 1. The fourth-order valence-corrected chi connectivity index (χ4v) is 1.96. The summed E-state index contributed by atoms with van der Waals surface area (Å²) in [4.78, 5) is 22.9. The molecule has 0 saturated carbocycles. The number of hydrogen-bond donors (Lipinski definition) is 2. The number of rotatable bonds is 7. The SMILES string of the molecule is CC(C)c1ccccc1OCC(=O)NC(C(=O)O)C(C)C. The van der Waals surface area contributed by atoms with Gasteiger partial charge in [-0.1, -0.05) is 45.9 Å². The summed E-state index contributed by atoms with van der Waals surface area (Å²) in [6.45, 7) is 7.38. The summed E-state index contributed by atoms with van der Waals surface area (Å²) >= 11 is 0. The molecule has 1 aromatic carbocycles. The van der Waals surface area contributed by atoms with Gasteiger partial charge in [0.05, 0.1) is 0 Å². The molecule has 0 aliphatic heterocycles. The average Bonchev–Trinajstić information content (AvgIpc) is 2.42. The minimum atomic E-state index is -1.04. The molecule has 0 saturated heterocycles. The predicted octanol–water partition coefficient (Wildman–Crippen LogP) is 2.41. The van der Waals surface area contributed by atoms with Crippen LogP contribution in [0, 0.1) is 5.92 Å². The molecule has 0 heterocycles. The molecule has 5 heteroatoms. The van der Waals surface area contributed by atoms with Gasteiger partial charge in [0.15, 0.2) is 6.61 Å². The second-order valence-corrected chi connectivity index (χ2v) is 5.61. The molecule has 1 atom stereocenters. The molecular formula is C16H23NO4. The Morgan fingerprint density at radius 3 is 2.33 bits per heavy atom. The Morgan fingerprint density at radius 1 is 1.19 bits per heavy atom. The van der Waals surface area contributed by atoms with E-state index < -0.39 is 17.9 Å². The van der Waals surface area contributed by atoms with Gasteiger partial charge in [0.25, 0.3) is 5.91 Å². The second-order valence-electron chi connectivity index (χ2n) is 5.61. The molecule has 0 radical (unpaired) electrons. The highest BCUT2D eigenvalue weighted by Crippen LogP contribution is 2.25. The second kappa shape index (κ2) is 7.67. The third-order valence-electron chi connectivity index (χ3n) is 3.15. The van der Waals surface area contributed by atoms with Crippen LogP contribution in [0.4, 0.5) is 0 Å². The number of carboxylic acids is 1. The highest BCUT2D eigenvalue weighted by Gasteiger charge is 2.23. The van der Waals surface area contributed by atoms with Gasteiger partial charge in [0.1, 0.15) is 11.8 Å². The van der Waals surface area contributed by atoms with Crippen LogP contribution in [0.1, 0.15) is 39.2 Å². The molecule has 1 aromatic rings. The molecule has 0 spiro atoms. The molecule has 0 aromatic heterocycles. The minimum Gasteiger partial charge on any atom is -0.483 e. The van der Waals surface area contributed by atoms with E-state index in [9.17, 15) is 9.59 Å². The topological polar surface area (TPSA) is 75.6 Å². The summed E-state index contributed by atoms with van der Waals surface area (Å²) in [6.07, 6.45) is 0. The lowest BCUT2D eigenvalue weighted by molar-refractivity contribution is -0.143. The van der Waals surface area contributed by atoms with Crippen LogP contribution >= 0.6 is 0 Å². The molecule has 2 N–H and O–H groups in total. The fraction of sp³-hybridized carbons (Fsp3) is 0.500. The maximum atomic E-state index is 11.8. The number of amides is 1. The van der Waals surface area contributed by atoms with Gasteiger partial charge in [-0.05, 0) is 23.5 Å². The van der Waals surface area contributed by atoms with Gasteiger partial charge in [-0.2, -0.15) is 0 Å². The summed E-state index contributed by atoms with van der Waals surface area (Å²) in [5, 5.41) is 11.5. The summed E-state index contributed by atoms with van der Waals surface area (Å²) in [5.74, 6) is -0.726. The van der Waals surface area contributed by atoms with Crippen molar-refractivity contribution in [3.8, 4) is 5.75 Å². The maximum absolute atomic E-state index is 11.8. The Bertz CT molecular complexity index is 497. The van der Waals surface area contributed by atoms with Crippen molar-refractivity contribution in [2.45, 2.75) is 39.7 Å². The number of carbonyl (C=O) groups is 2. The van der Waals surface area contributed by atoms with Crippen molar-refractivity contribution in [1.82, 2.24) is 5.32 Å². The van der Waals surface area contributed by atoms with Gasteiger partial charge in [-0.3, -0.25) is 4.79 Å². The Hall–Kier alpha value is -2.04. The number of carboxylic acid groups (broad SMARTS) is 1. The molecule has 116 valence electrons. The van der Waals surface area contributed by atoms with Gasteiger partial charge in [-0.15, -0.1) is 0 Å². The standard InChI is InChI=1S/C16H23NO4/c1-10(2)12-7-5-6-8-13(12)21-9-14(18)17-15(11(3)4)16(19)20/h5-8,10-11,15H,9H2,1-4H3,(H,17,18)(H,19,20). The van der Waals surface area contributed by atoms with E-state index in [4.69, 9.17) is 9.84 Å². The Labute approximate surface area is 125 Å². The first-order valence-electron chi connectivity index (χ1n) is 7.06. The van der Waals surface area contributed by atoms with Crippen molar-refractivity contribution < 1.29 is 19.4 Å². The number of hydrogen-bond acceptors (Lipinski definition) is 3. The Morgan fingerprint density at radius 2 is 1.81 bits per heavy atom. The van der Waals surface area contributed by atoms with Crippen molar-refractivity contribution in [3.05, 3.63) is 29.8 Å². The van der Waals surface area contributed by atoms with Crippen LogP contribution in [0.25, 0.3) is 0 Å². The predicted molar refractivity (Wildman–Crippen MR) is 80.4 cm³/mol. The van der Waals surface area contributed by atoms with E-state index in [2.05, 4.69) is 5.32 Å². The zero-order valence-electron chi connectivity index (χ0n) is 12.9. The number of ether oxygens (including phenoxy) is 1. The number of aliphatic carboxylic acids is 1. The molecule has 21 heavy (non-hydrogen) atoms. The van der Waals surface area contributed by atoms with E-state index in [-0.39, 0.29) is 18.4 Å². The molecule has 1 unspecified atom stereocenters. The highest BCUT2D eigenvalue weighted by molar-refractivity contribution is 5.84. The quantitative estimate of drug-likeness (QED) is 0.809. The summed E-state index contributed by atoms with van der Waals surface area (Å²) in [5.41, 5.74) is 1.02. The molecule has 5 nitrogen and oxygen atoms in total. The Kier molecular flexibility index (Phi) is 6.21. The first-order valence-corrected chi connectivity index (χ1v) is 7.06. The largest absolute Gasteiger partial charge is 0.483 e. The normalized spacial score (nSPS) is 12.3. The lowest BCUT2D eigenvalue weighted by Crippen LogP contribution is -2.46. The average molecular weight is 293 g/mol. The van der Waals surface area contributed by atoms with Crippen LogP contribution in [-0.4, -0.2) is 29.6 Å². The smallest absolute Gasteiger partial charge is 0.326 e. The number of carbonyl (C=O) groups excluding carboxylic acids is 1. The van der Waals surface area contributed by atoms with E-state index in [1.165, 1.54) is 0 Å². The van der Waals surface area contributed by atoms with Gasteiger partial charge in [0, 0.05) is 0 Å². The molecular weight excluding hydrogens is 270 g/mol. The lowest BCUT2D eigenvalue weighted by atomic mass is 10.0. The highest BCUT2D eigenvalue weighted by atomic mass is 16.5. The number of para-hydroxylation sites is 1. The van der Waals surface area contributed by atoms with Crippen LogP contribution < -0.4 is 10.1 Å². The maximum Gasteiger partial charge on any atom is 0.326 e. The zero-order chi connectivity index (χ0) is 16.0. The lowest BCUT2D eigenvalue weighted by Gasteiger charge is -2.18. The van der Waals surface area contributed by atoms with Crippen molar-refractivity contribution in [2.24, 2.45) is 5.92 Å². The molecule has 1 rings (SSSR count). The fourth-order valence-electron chi connectivity index (χ4n) is 1.96. The first-order chi connectivity index (χ1) is 9.82.